The Morgan fingerprint density at radius 2 is 1.82 bits per heavy atom. The zero-order valence-electron chi connectivity index (χ0n) is 14.9. The standard InChI is InChI=1S/C21H16O7/c1-25-15-3-5-17-13(7-21(24)28-19(17)9-15)11-27-20(23)6-12-10-26-18-8-14(22)2-4-16(12)18/h2-5,7-10,22H,6,11H2,1H3. The Kier molecular flexibility index (Phi) is 4.49. The minimum Gasteiger partial charge on any atom is -0.508 e. The highest BCUT2D eigenvalue weighted by Gasteiger charge is 2.14. The van der Waals surface area contributed by atoms with Crippen molar-refractivity contribution >= 4 is 27.9 Å². The quantitative estimate of drug-likeness (QED) is 0.418. The Bertz CT molecular complexity index is 1230. The van der Waals surface area contributed by atoms with E-state index in [1.807, 2.05) is 0 Å². The number of esters is 1. The molecule has 2 aromatic heterocycles. The van der Waals surface area contributed by atoms with Crippen LogP contribution in [0.15, 0.2) is 62.4 Å². The maximum Gasteiger partial charge on any atom is 0.336 e. The normalized spacial score (nSPS) is 11.0. The molecule has 0 spiro atoms. The Hall–Kier alpha value is -3.74. The summed E-state index contributed by atoms with van der Waals surface area (Å²) in [5.74, 6) is 0.177. The number of hydrogen-bond acceptors (Lipinski definition) is 7. The molecule has 4 aromatic rings. The Labute approximate surface area is 158 Å². The molecule has 0 saturated heterocycles. The summed E-state index contributed by atoms with van der Waals surface area (Å²) in [6.45, 7) is -0.0656. The molecule has 0 radical (unpaired) electrons. The SMILES string of the molecule is COc1ccc2c(COC(=O)Cc3coc4cc(O)ccc34)cc(=O)oc2c1. The maximum atomic E-state index is 12.3. The molecule has 0 aliphatic carbocycles. The molecule has 142 valence electrons. The largest absolute Gasteiger partial charge is 0.508 e. The minimum atomic E-state index is -0.535. The molecule has 0 aliphatic heterocycles. The van der Waals surface area contributed by atoms with Gasteiger partial charge in [-0.3, -0.25) is 4.79 Å². The van der Waals surface area contributed by atoms with Gasteiger partial charge >= 0.3 is 11.6 Å². The van der Waals surface area contributed by atoms with E-state index in [4.69, 9.17) is 18.3 Å². The van der Waals surface area contributed by atoms with E-state index in [1.54, 1.807) is 24.3 Å². The molecule has 7 heteroatoms. The Morgan fingerprint density at radius 3 is 2.64 bits per heavy atom. The number of rotatable bonds is 5. The fraction of sp³-hybridized carbons (Fsp3) is 0.143. The van der Waals surface area contributed by atoms with Gasteiger partial charge in [0.25, 0.3) is 0 Å². The van der Waals surface area contributed by atoms with E-state index in [0.717, 1.165) is 5.39 Å². The van der Waals surface area contributed by atoms with E-state index in [0.29, 0.717) is 33.4 Å². The second-order valence-electron chi connectivity index (χ2n) is 6.23. The number of hydrogen-bond donors (Lipinski definition) is 1. The smallest absolute Gasteiger partial charge is 0.336 e. The molecule has 2 aromatic carbocycles. The summed E-state index contributed by atoms with van der Waals surface area (Å²) in [7, 11) is 1.52. The first-order valence-electron chi connectivity index (χ1n) is 8.49. The van der Waals surface area contributed by atoms with E-state index in [-0.39, 0.29) is 18.8 Å². The van der Waals surface area contributed by atoms with Crippen LogP contribution in [0.5, 0.6) is 11.5 Å². The van der Waals surface area contributed by atoms with Gasteiger partial charge in [-0.05, 0) is 24.3 Å². The number of ether oxygens (including phenoxy) is 2. The van der Waals surface area contributed by atoms with Crippen molar-refractivity contribution in [3.05, 3.63) is 70.3 Å². The minimum absolute atomic E-state index is 0.00493. The third-order valence-corrected chi connectivity index (χ3v) is 4.40. The first kappa shape index (κ1) is 17.7. The van der Waals surface area contributed by atoms with Gasteiger partial charge in [0.15, 0.2) is 0 Å². The third kappa shape index (κ3) is 3.42. The summed E-state index contributed by atoms with van der Waals surface area (Å²) in [6, 6.07) is 11.1. The highest BCUT2D eigenvalue weighted by atomic mass is 16.5. The zero-order chi connectivity index (χ0) is 19.7. The molecule has 28 heavy (non-hydrogen) atoms. The third-order valence-electron chi connectivity index (χ3n) is 4.40. The number of benzene rings is 2. The van der Waals surface area contributed by atoms with E-state index in [1.165, 1.54) is 31.6 Å². The number of furan rings is 1. The molecular weight excluding hydrogens is 364 g/mol. The van der Waals surface area contributed by atoms with Crippen LogP contribution in [-0.4, -0.2) is 18.2 Å². The lowest BCUT2D eigenvalue weighted by Gasteiger charge is -2.08. The van der Waals surface area contributed by atoms with Crippen LogP contribution in [0.25, 0.3) is 21.9 Å². The maximum absolute atomic E-state index is 12.3. The lowest BCUT2D eigenvalue weighted by atomic mass is 10.1. The van der Waals surface area contributed by atoms with Crippen molar-refractivity contribution in [2.24, 2.45) is 0 Å². The lowest BCUT2D eigenvalue weighted by Crippen LogP contribution is -2.09. The first-order chi connectivity index (χ1) is 13.5. The van der Waals surface area contributed by atoms with E-state index in [9.17, 15) is 14.7 Å². The molecule has 0 amide bonds. The molecule has 0 bridgehead atoms. The van der Waals surface area contributed by atoms with Crippen LogP contribution >= 0.6 is 0 Å². The highest BCUT2D eigenvalue weighted by molar-refractivity contribution is 5.87. The molecule has 0 fully saturated rings. The topological polar surface area (TPSA) is 99.1 Å². The predicted octanol–water partition coefficient (Wildman–Crippen LogP) is 3.54. The summed E-state index contributed by atoms with van der Waals surface area (Å²) in [5, 5.41) is 10.9. The average molecular weight is 380 g/mol. The zero-order valence-corrected chi connectivity index (χ0v) is 14.9. The van der Waals surface area contributed by atoms with Gasteiger partial charge in [0, 0.05) is 40.1 Å². The number of methoxy groups -OCH3 is 1. The van der Waals surface area contributed by atoms with Crippen molar-refractivity contribution in [3.63, 3.8) is 0 Å². The monoisotopic (exact) mass is 380 g/mol. The van der Waals surface area contributed by atoms with E-state index < -0.39 is 11.6 Å². The molecule has 0 saturated carbocycles. The number of aromatic hydroxyl groups is 1. The van der Waals surface area contributed by atoms with Gasteiger partial charge in [0.2, 0.25) is 0 Å². The number of carbonyl (C=O) groups excluding carboxylic acids is 1. The van der Waals surface area contributed by atoms with Gasteiger partial charge in [-0.1, -0.05) is 0 Å². The molecule has 0 aliphatic rings. The van der Waals surface area contributed by atoms with Crippen LogP contribution in [0, 0.1) is 0 Å². The molecule has 7 nitrogen and oxygen atoms in total. The van der Waals surface area contributed by atoms with Crippen LogP contribution in [-0.2, 0) is 22.6 Å². The molecule has 4 rings (SSSR count). The fourth-order valence-electron chi connectivity index (χ4n) is 3.03. The second-order valence-corrected chi connectivity index (χ2v) is 6.23. The van der Waals surface area contributed by atoms with Crippen molar-refractivity contribution in [1.29, 1.82) is 0 Å². The molecular formula is C21H16O7. The lowest BCUT2D eigenvalue weighted by molar-refractivity contribution is -0.144. The molecule has 0 atom stereocenters. The highest BCUT2D eigenvalue weighted by Crippen LogP contribution is 2.26. The van der Waals surface area contributed by atoms with Gasteiger partial charge in [0.05, 0.1) is 19.8 Å². The number of phenolic OH excluding ortho intramolecular Hbond substituents is 1. The number of fused-ring (bicyclic) bond motifs is 2. The van der Waals surface area contributed by atoms with Crippen molar-refractivity contribution < 1.29 is 28.2 Å². The Balaban J connectivity index is 1.52. The number of phenols is 1. The van der Waals surface area contributed by atoms with Crippen molar-refractivity contribution in [3.8, 4) is 11.5 Å². The fourth-order valence-corrected chi connectivity index (χ4v) is 3.03. The summed E-state index contributed by atoms with van der Waals surface area (Å²) < 4.78 is 21.0. The summed E-state index contributed by atoms with van der Waals surface area (Å²) >= 11 is 0. The summed E-state index contributed by atoms with van der Waals surface area (Å²) in [6.07, 6.45) is 1.47. The van der Waals surface area contributed by atoms with Crippen LogP contribution < -0.4 is 10.4 Å². The number of carbonyl (C=O) groups is 1. The van der Waals surface area contributed by atoms with E-state index >= 15 is 0 Å². The Morgan fingerprint density at radius 1 is 1.04 bits per heavy atom. The summed E-state index contributed by atoms with van der Waals surface area (Å²) in [4.78, 5) is 24.1. The van der Waals surface area contributed by atoms with Gasteiger partial charge in [-0.25, -0.2) is 4.79 Å². The first-order valence-corrected chi connectivity index (χ1v) is 8.49. The van der Waals surface area contributed by atoms with Crippen molar-refractivity contribution in [2.45, 2.75) is 13.0 Å². The average Bonchev–Trinajstić information content (AvgIpc) is 3.07. The van der Waals surface area contributed by atoms with Crippen molar-refractivity contribution in [2.75, 3.05) is 7.11 Å². The van der Waals surface area contributed by atoms with Crippen LogP contribution in [0.3, 0.4) is 0 Å². The summed E-state index contributed by atoms with van der Waals surface area (Å²) in [5.41, 5.74) is 1.51. The van der Waals surface area contributed by atoms with Gasteiger partial charge < -0.3 is 23.4 Å². The van der Waals surface area contributed by atoms with Gasteiger partial charge in [-0.15, -0.1) is 0 Å². The predicted molar refractivity (Wildman–Crippen MR) is 100 cm³/mol. The van der Waals surface area contributed by atoms with E-state index in [2.05, 4.69) is 0 Å². The molecule has 0 unspecified atom stereocenters. The van der Waals surface area contributed by atoms with Crippen LogP contribution in [0.1, 0.15) is 11.1 Å². The molecule has 1 N–H and O–H groups in total. The van der Waals surface area contributed by atoms with Crippen molar-refractivity contribution in [1.82, 2.24) is 0 Å². The van der Waals surface area contributed by atoms with Crippen LogP contribution in [0.2, 0.25) is 0 Å². The van der Waals surface area contributed by atoms with Crippen LogP contribution in [0.4, 0.5) is 0 Å². The molecule has 2 heterocycles. The van der Waals surface area contributed by atoms with Gasteiger partial charge in [0.1, 0.15) is 29.3 Å². The van der Waals surface area contributed by atoms with Gasteiger partial charge in [-0.2, -0.15) is 0 Å². The second kappa shape index (κ2) is 7.11.